The number of hydrogen-bond donors (Lipinski definition) is 2. The number of piperidine rings is 1. The van der Waals surface area contributed by atoms with E-state index in [-0.39, 0.29) is 0 Å². The molecule has 1 saturated carbocycles. The van der Waals surface area contributed by atoms with E-state index in [1.165, 1.54) is 5.56 Å². The van der Waals surface area contributed by atoms with E-state index >= 15 is 0 Å². The van der Waals surface area contributed by atoms with Crippen molar-refractivity contribution in [1.82, 2.24) is 20.2 Å². The lowest BCUT2D eigenvalue weighted by atomic mass is 10.1. The Morgan fingerprint density at radius 3 is 2.76 bits per heavy atom. The van der Waals surface area contributed by atoms with Crippen LogP contribution in [0.5, 0.6) is 17.4 Å². The van der Waals surface area contributed by atoms with Crippen molar-refractivity contribution >= 4 is 11.0 Å². The normalized spacial score (nSPS) is 24.5. The number of benzene rings is 1. The van der Waals surface area contributed by atoms with Crippen LogP contribution < -0.4 is 19.5 Å². The van der Waals surface area contributed by atoms with Crippen LogP contribution in [0.1, 0.15) is 17.2 Å². The van der Waals surface area contributed by atoms with E-state index in [0.717, 1.165) is 42.2 Å². The molecule has 0 amide bonds. The number of aliphatic hydroxyl groups is 1. The third-order valence-corrected chi connectivity index (χ3v) is 7.01. The molecule has 3 aliphatic rings. The summed E-state index contributed by atoms with van der Waals surface area (Å²) in [4.78, 5) is 11.2. The van der Waals surface area contributed by atoms with Gasteiger partial charge in [0.15, 0.2) is 11.5 Å². The van der Waals surface area contributed by atoms with Gasteiger partial charge in [-0.25, -0.2) is 4.98 Å². The van der Waals surface area contributed by atoms with E-state index in [2.05, 4.69) is 32.3 Å². The van der Waals surface area contributed by atoms with Gasteiger partial charge in [0.2, 0.25) is 5.88 Å². The van der Waals surface area contributed by atoms with Crippen molar-refractivity contribution in [3.63, 3.8) is 0 Å². The number of nitrogens with zero attached hydrogens (tertiary/aromatic N) is 3. The lowest BCUT2D eigenvalue weighted by Gasteiger charge is -2.23. The van der Waals surface area contributed by atoms with Crippen LogP contribution >= 0.6 is 0 Å². The highest BCUT2D eigenvalue weighted by molar-refractivity contribution is 5.78. The fourth-order valence-electron chi connectivity index (χ4n) is 5.25. The van der Waals surface area contributed by atoms with E-state index in [4.69, 9.17) is 14.2 Å². The molecule has 6 rings (SSSR count). The predicted octanol–water partition coefficient (Wildman–Crippen LogP) is 2.16. The molecule has 0 bridgehead atoms. The van der Waals surface area contributed by atoms with Gasteiger partial charge >= 0.3 is 0 Å². The number of aliphatic hydroxyl groups excluding tert-OH is 1. The van der Waals surface area contributed by atoms with Crippen LogP contribution in [0.2, 0.25) is 0 Å². The van der Waals surface area contributed by atoms with E-state index < -0.39 is 6.10 Å². The van der Waals surface area contributed by atoms with Crippen molar-refractivity contribution in [2.45, 2.75) is 18.7 Å². The van der Waals surface area contributed by atoms with Crippen LogP contribution in [0.4, 0.5) is 0 Å². The number of aromatic nitrogens is 2. The maximum Gasteiger partial charge on any atom is 0.213 e. The summed E-state index contributed by atoms with van der Waals surface area (Å²) in [6.45, 7) is 4.65. The Bertz CT molecular complexity index is 1160. The topological polar surface area (TPSA) is 89.0 Å². The smallest absolute Gasteiger partial charge is 0.213 e. The molecule has 2 fully saturated rings. The first-order valence-electron chi connectivity index (χ1n) is 11.5. The second kappa shape index (κ2) is 8.44. The Hall–Kier alpha value is -2.94. The number of hydrogen-bond acceptors (Lipinski definition) is 8. The summed E-state index contributed by atoms with van der Waals surface area (Å²) in [6, 6.07) is 12.2. The van der Waals surface area contributed by atoms with Crippen LogP contribution in [0.15, 0.2) is 42.6 Å². The Morgan fingerprint density at radius 1 is 1.12 bits per heavy atom. The highest BCUT2D eigenvalue weighted by atomic mass is 16.6. The summed E-state index contributed by atoms with van der Waals surface area (Å²) in [7, 11) is 1.59. The summed E-state index contributed by atoms with van der Waals surface area (Å²) in [5, 5.41) is 14.7. The molecule has 4 heterocycles. The highest BCUT2D eigenvalue weighted by Crippen LogP contribution is 2.46. The minimum absolute atomic E-state index is 0.526. The van der Waals surface area contributed by atoms with Crippen molar-refractivity contribution in [2.24, 2.45) is 11.8 Å². The van der Waals surface area contributed by atoms with Gasteiger partial charge in [0.1, 0.15) is 13.2 Å². The molecule has 33 heavy (non-hydrogen) atoms. The Labute approximate surface area is 192 Å². The van der Waals surface area contributed by atoms with Crippen LogP contribution in [0.25, 0.3) is 11.0 Å². The average Bonchev–Trinajstić information content (AvgIpc) is 3.31. The lowest BCUT2D eigenvalue weighted by Crippen LogP contribution is -2.33. The molecule has 2 unspecified atom stereocenters. The van der Waals surface area contributed by atoms with Crippen molar-refractivity contribution in [3.8, 4) is 17.4 Å². The maximum absolute atomic E-state index is 11.0. The molecule has 0 spiro atoms. The van der Waals surface area contributed by atoms with Crippen molar-refractivity contribution < 1.29 is 19.3 Å². The Kier molecular flexibility index (Phi) is 5.28. The van der Waals surface area contributed by atoms with Gasteiger partial charge < -0.3 is 24.6 Å². The van der Waals surface area contributed by atoms with Gasteiger partial charge in [-0.15, -0.1) is 0 Å². The maximum atomic E-state index is 11.0. The monoisotopic (exact) mass is 448 g/mol. The predicted molar refractivity (Wildman–Crippen MR) is 123 cm³/mol. The molecular weight excluding hydrogens is 420 g/mol. The quantitative estimate of drug-likeness (QED) is 0.569. The van der Waals surface area contributed by atoms with Crippen LogP contribution in [0.3, 0.4) is 0 Å². The number of ether oxygens (including phenoxy) is 3. The second-order valence-electron chi connectivity index (χ2n) is 9.07. The molecule has 3 aromatic rings. The Morgan fingerprint density at radius 2 is 1.94 bits per heavy atom. The average molecular weight is 449 g/mol. The largest absolute Gasteiger partial charge is 0.486 e. The van der Waals surface area contributed by atoms with Gasteiger partial charge in [-0.2, -0.15) is 0 Å². The zero-order chi connectivity index (χ0) is 22.4. The van der Waals surface area contributed by atoms with Gasteiger partial charge in [-0.3, -0.25) is 9.88 Å². The molecule has 4 atom stereocenters. The fourth-order valence-corrected chi connectivity index (χ4v) is 5.25. The van der Waals surface area contributed by atoms with Crippen molar-refractivity contribution in [3.05, 3.63) is 53.7 Å². The number of methoxy groups -OCH3 is 1. The number of rotatable bonds is 7. The first-order chi connectivity index (χ1) is 16.2. The van der Waals surface area contributed by atoms with E-state index in [1.807, 2.05) is 18.2 Å². The molecular formula is C25H28N4O4. The molecule has 2 N–H and O–H groups in total. The minimum Gasteiger partial charge on any atom is -0.486 e. The summed E-state index contributed by atoms with van der Waals surface area (Å²) in [5.41, 5.74) is 3.48. The van der Waals surface area contributed by atoms with Crippen LogP contribution in [0, 0.1) is 11.8 Å². The number of likely N-dealkylation sites (tertiary alicyclic amines) is 1. The molecule has 1 aliphatic carbocycles. The summed E-state index contributed by atoms with van der Waals surface area (Å²) in [5.74, 6) is 3.48. The zero-order valence-electron chi connectivity index (χ0n) is 18.6. The second-order valence-corrected chi connectivity index (χ2v) is 9.07. The van der Waals surface area contributed by atoms with E-state index in [1.54, 1.807) is 19.4 Å². The first kappa shape index (κ1) is 20.7. The molecule has 1 saturated heterocycles. The van der Waals surface area contributed by atoms with Gasteiger partial charge in [0.05, 0.1) is 24.2 Å². The van der Waals surface area contributed by atoms with E-state index in [0.29, 0.717) is 49.0 Å². The van der Waals surface area contributed by atoms with Gasteiger partial charge in [-0.05, 0) is 41.7 Å². The first-order valence-corrected chi connectivity index (χ1v) is 11.5. The SMILES string of the molecule is COc1ccc2nccc(C(O)CN3C[C@@H]4C(NCc5ccc6c(c5)OCCO6)[C@@H]4C3)c2n1. The highest BCUT2D eigenvalue weighted by Gasteiger charge is 2.55. The lowest BCUT2D eigenvalue weighted by molar-refractivity contribution is 0.119. The van der Waals surface area contributed by atoms with Gasteiger partial charge in [0.25, 0.3) is 0 Å². The fraction of sp³-hybridized carbons (Fsp3) is 0.440. The zero-order valence-corrected chi connectivity index (χ0v) is 18.6. The third kappa shape index (κ3) is 3.99. The standard InChI is InChI=1S/C25H28N4O4/c1-31-23-5-3-19-25(28-23)16(6-7-26-19)20(30)14-29-12-17-18(13-29)24(17)27-11-15-2-4-21-22(10-15)33-9-8-32-21/h2-7,10,17-18,20,24,27,30H,8-9,11-14H2,1H3/t17-,18+,20?,24?. The number of β-amino-alcohol motifs (C(OH)–C–C–N with tert-alkyl or cyclic N) is 1. The van der Waals surface area contributed by atoms with Gasteiger partial charge in [0, 0.05) is 50.0 Å². The molecule has 8 nitrogen and oxygen atoms in total. The van der Waals surface area contributed by atoms with Crippen molar-refractivity contribution in [2.75, 3.05) is 40.0 Å². The number of pyridine rings is 2. The number of nitrogens with one attached hydrogen (secondary N) is 1. The van der Waals surface area contributed by atoms with Gasteiger partial charge in [-0.1, -0.05) is 6.07 Å². The minimum atomic E-state index is -0.614. The number of fused-ring (bicyclic) bond motifs is 3. The van der Waals surface area contributed by atoms with Crippen molar-refractivity contribution in [1.29, 1.82) is 0 Å². The Balaban J connectivity index is 1.04. The third-order valence-electron chi connectivity index (χ3n) is 7.01. The molecule has 2 aliphatic heterocycles. The molecule has 172 valence electrons. The molecule has 2 aromatic heterocycles. The summed E-state index contributed by atoms with van der Waals surface area (Å²) >= 11 is 0. The molecule has 1 aromatic carbocycles. The summed E-state index contributed by atoms with van der Waals surface area (Å²) in [6.07, 6.45) is 1.12. The van der Waals surface area contributed by atoms with Crippen LogP contribution in [-0.2, 0) is 6.54 Å². The molecule has 0 radical (unpaired) electrons. The van der Waals surface area contributed by atoms with E-state index in [9.17, 15) is 5.11 Å². The summed E-state index contributed by atoms with van der Waals surface area (Å²) < 4.78 is 16.5. The molecule has 8 heteroatoms. The van der Waals surface area contributed by atoms with Crippen LogP contribution in [-0.4, -0.2) is 66.0 Å².